The van der Waals surface area contributed by atoms with Crippen molar-refractivity contribution in [1.82, 2.24) is 15.5 Å². The van der Waals surface area contributed by atoms with Gasteiger partial charge in [0.2, 0.25) is 5.91 Å². The van der Waals surface area contributed by atoms with Crippen molar-refractivity contribution in [1.29, 1.82) is 0 Å². The molecule has 5 heteroatoms. The molecule has 0 saturated carbocycles. The lowest BCUT2D eigenvalue weighted by molar-refractivity contribution is -0.126. The maximum Gasteiger partial charge on any atom is 0.223 e. The lowest BCUT2D eigenvalue weighted by Gasteiger charge is -2.27. The van der Waals surface area contributed by atoms with Crippen molar-refractivity contribution in [2.45, 2.75) is 38.9 Å². The Kier molecular flexibility index (Phi) is 8.49. The normalized spacial score (nSPS) is 19.1. The molecule has 2 aromatic rings. The summed E-state index contributed by atoms with van der Waals surface area (Å²) in [6.45, 7) is 4.59. The van der Waals surface area contributed by atoms with Gasteiger partial charge in [-0.15, -0.1) is 12.4 Å². The molecule has 1 aliphatic heterocycles. The molecule has 1 fully saturated rings. The van der Waals surface area contributed by atoms with Crippen LogP contribution < -0.4 is 10.6 Å². The summed E-state index contributed by atoms with van der Waals surface area (Å²) in [6.07, 6.45) is 1.84. The number of rotatable bonds is 6. The molecule has 2 aromatic carbocycles. The maximum atomic E-state index is 12.6. The highest BCUT2D eigenvalue weighted by molar-refractivity contribution is 5.85. The predicted octanol–water partition coefficient (Wildman–Crippen LogP) is 3.84. The molecule has 0 unspecified atom stereocenters. The van der Waals surface area contributed by atoms with Crippen LogP contribution in [0.15, 0.2) is 48.5 Å². The lowest BCUT2D eigenvalue weighted by Crippen LogP contribution is -2.42. The summed E-state index contributed by atoms with van der Waals surface area (Å²) >= 11 is 0. The first-order chi connectivity index (χ1) is 13.0. The van der Waals surface area contributed by atoms with Crippen LogP contribution in [0.3, 0.4) is 0 Å². The number of halogens is 1. The minimum Gasteiger partial charge on any atom is -0.352 e. The molecule has 1 aliphatic rings. The van der Waals surface area contributed by atoms with Crippen molar-refractivity contribution in [3.63, 3.8) is 0 Å². The van der Waals surface area contributed by atoms with Crippen LogP contribution in [-0.2, 0) is 17.9 Å². The van der Waals surface area contributed by atoms with Gasteiger partial charge in [-0.05, 0) is 62.7 Å². The van der Waals surface area contributed by atoms with Crippen molar-refractivity contribution in [2.24, 2.45) is 5.92 Å². The Balaban J connectivity index is 0.00000280. The first kappa shape index (κ1) is 22.4. The molecule has 4 nitrogen and oxygen atoms in total. The average molecular weight is 402 g/mol. The van der Waals surface area contributed by atoms with E-state index in [2.05, 4.69) is 79.0 Å². The Bertz CT molecular complexity index is 761. The number of piperidine rings is 1. The molecule has 0 spiro atoms. The van der Waals surface area contributed by atoms with Gasteiger partial charge in [0.25, 0.3) is 0 Å². The average Bonchev–Trinajstić information content (AvgIpc) is 2.66. The Morgan fingerprint density at radius 2 is 1.86 bits per heavy atom. The highest BCUT2D eigenvalue weighted by Crippen LogP contribution is 2.25. The summed E-state index contributed by atoms with van der Waals surface area (Å²) in [5.41, 5.74) is 4.84. The molecular formula is C23H32ClN3O. The number of hydrogen-bond donors (Lipinski definition) is 2. The van der Waals surface area contributed by atoms with Crippen molar-refractivity contribution in [2.75, 3.05) is 20.6 Å². The minimum atomic E-state index is 0. The number of hydrogen-bond acceptors (Lipinski definition) is 3. The molecule has 152 valence electrons. The van der Waals surface area contributed by atoms with Crippen LogP contribution >= 0.6 is 12.4 Å². The molecule has 0 aliphatic carbocycles. The van der Waals surface area contributed by atoms with Gasteiger partial charge in [0.1, 0.15) is 0 Å². The molecule has 1 heterocycles. The zero-order valence-electron chi connectivity index (χ0n) is 17.1. The minimum absolute atomic E-state index is 0. The largest absolute Gasteiger partial charge is 0.352 e. The standard InChI is InChI=1S/C23H31N3O.ClH/c1-17-14-20(12-13-24-17)23(27)25-15-21-6-4-5-7-22(21)19-10-8-18(9-11-19)16-26(2)3;/h4-11,17,20,24H,12-16H2,1-3H3,(H,25,27);1H/t17-,20-;/m0./s1. The number of amides is 1. The van der Waals surface area contributed by atoms with Gasteiger partial charge < -0.3 is 15.5 Å². The van der Waals surface area contributed by atoms with Gasteiger partial charge in [0.15, 0.2) is 0 Å². The second-order valence-corrected chi connectivity index (χ2v) is 7.89. The van der Waals surface area contributed by atoms with E-state index in [1.807, 2.05) is 6.07 Å². The maximum absolute atomic E-state index is 12.6. The van der Waals surface area contributed by atoms with Gasteiger partial charge in [-0.1, -0.05) is 48.5 Å². The van der Waals surface area contributed by atoms with Crippen LogP contribution in [0.1, 0.15) is 30.9 Å². The lowest BCUT2D eigenvalue weighted by atomic mass is 9.92. The number of benzene rings is 2. The number of nitrogens with zero attached hydrogens (tertiary/aromatic N) is 1. The fourth-order valence-corrected chi connectivity index (χ4v) is 3.81. The van der Waals surface area contributed by atoms with E-state index in [4.69, 9.17) is 0 Å². The molecule has 0 aromatic heterocycles. The van der Waals surface area contributed by atoms with Gasteiger partial charge in [0.05, 0.1) is 0 Å². The first-order valence-corrected chi connectivity index (χ1v) is 9.86. The van der Waals surface area contributed by atoms with E-state index >= 15 is 0 Å². The van der Waals surface area contributed by atoms with E-state index in [0.717, 1.165) is 31.5 Å². The fraction of sp³-hybridized carbons (Fsp3) is 0.435. The summed E-state index contributed by atoms with van der Waals surface area (Å²) in [5, 5.41) is 6.57. The Hall–Kier alpha value is -1.88. The summed E-state index contributed by atoms with van der Waals surface area (Å²) in [6, 6.07) is 17.5. The summed E-state index contributed by atoms with van der Waals surface area (Å²) in [7, 11) is 4.16. The fourth-order valence-electron chi connectivity index (χ4n) is 3.81. The quantitative estimate of drug-likeness (QED) is 0.772. The second-order valence-electron chi connectivity index (χ2n) is 7.89. The van der Waals surface area contributed by atoms with Crippen LogP contribution in [-0.4, -0.2) is 37.5 Å². The molecule has 0 bridgehead atoms. The zero-order chi connectivity index (χ0) is 19.2. The predicted molar refractivity (Wildman–Crippen MR) is 119 cm³/mol. The summed E-state index contributed by atoms with van der Waals surface area (Å²) in [5.74, 6) is 0.304. The Morgan fingerprint density at radius 3 is 2.54 bits per heavy atom. The third-order valence-electron chi connectivity index (χ3n) is 5.23. The van der Waals surface area contributed by atoms with Gasteiger partial charge >= 0.3 is 0 Å². The van der Waals surface area contributed by atoms with Gasteiger partial charge in [0, 0.05) is 25.0 Å². The van der Waals surface area contributed by atoms with Crippen LogP contribution in [0.4, 0.5) is 0 Å². The highest BCUT2D eigenvalue weighted by Gasteiger charge is 2.24. The molecular weight excluding hydrogens is 370 g/mol. The topological polar surface area (TPSA) is 44.4 Å². The molecule has 0 radical (unpaired) electrons. The number of nitrogens with one attached hydrogen (secondary N) is 2. The Labute approximate surface area is 175 Å². The summed E-state index contributed by atoms with van der Waals surface area (Å²) in [4.78, 5) is 14.7. The van der Waals surface area contributed by atoms with E-state index in [9.17, 15) is 4.79 Å². The van der Waals surface area contributed by atoms with Crippen molar-refractivity contribution in [3.05, 3.63) is 59.7 Å². The van der Waals surface area contributed by atoms with E-state index in [-0.39, 0.29) is 24.2 Å². The van der Waals surface area contributed by atoms with Gasteiger partial charge in [-0.25, -0.2) is 0 Å². The van der Waals surface area contributed by atoms with Crippen LogP contribution in [0.2, 0.25) is 0 Å². The van der Waals surface area contributed by atoms with E-state index in [1.165, 1.54) is 16.7 Å². The first-order valence-electron chi connectivity index (χ1n) is 9.86. The smallest absolute Gasteiger partial charge is 0.223 e. The van der Waals surface area contributed by atoms with Crippen molar-refractivity contribution < 1.29 is 4.79 Å². The number of carbonyl (C=O) groups excluding carboxylic acids is 1. The summed E-state index contributed by atoms with van der Waals surface area (Å²) < 4.78 is 0. The molecule has 1 saturated heterocycles. The van der Waals surface area contributed by atoms with Crippen LogP contribution in [0, 0.1) is 5.92 Å². The van der Waals surface area contributed by atoms with E-state index in [1.54, 1.807) is 0 Å². The monoisotopic (exact) mass is 401 g/mol. The molecule has 2 N–H and O–H groups in total. The van der Waals surface area contributed by atoms with Crippen LogP contribution in [0.5, 0.6) is 0 Å². The van der Waals surface area contributed by atoms with Crippen molar-refractivity contribution in [3.8, 4) is 11.1 Å². The molecule has 3 rings (SSSR count). The SMILES string of the molecule is C[C@H]1C[C@@H](C(=O)NCc2ccccc2-c2ccc(CN(C)C)cc2)CCN1.Cl. The highest BCUT2D eigenvalue weighted by atomic mass is 35.5. The van der Waals surface area contributed by atoms with E-state index < -0.39 is 0 Å². The zero-order valence-corrected chi connectivity index (χ0v) is 17.9. The van der Waals surface area contributed by atoms with Gasteiger partial charge in [-0.3, -0.25) is 4.79 Å². The molecule has 28 heavy (non-hydrogen) atoms. The third-order valence-corrected chi connectivity index (χ3v) is 5.23. The van der Waals surface area contributed by atoms with Gasteiger partial charge in [-0.2, -0.15) is 0 Å². The number of carbonyl (C=O) groups is 1. The van der Waals surface area contributed by atoms with Crippen molar-refractivity contribution >= 4 is 18.3 Å². The second kappa shape index (κ2) is 10.6. The Morgan fingerprint density at radius 1 is 1.14 bits per heavy atom. The van der Waals surface area contributed by atoms with E-state index in [0.29, 0.717) is 12.6 Å². The molecule has 1 amide bonds. The van der Waals surface area contributed by atoms with Crippen LogP contribution in [0.25, 0.3) is 11.1 Å². The third kappa shape index (κ3) is 6.06. The molecule has 2 atom stereocenters.